The molecule has 0 spiro atoms. The summed E-state index contributed by atoms with van der Waals surface area (Å²) in [4.78, 5) is 18.6. The van der Waals surface area contributed by atoms with Crippen LogP contribution in [0.25, 0.3) is 10.9 Å². The first-order valence-corrected chi connectivity index (χ1v) is 9.40. The van der Waals surface area contributed by atoms with Crippen LogP contribution in [0.1, 0.15) is 22.4 Å². The van der Waals surface area contributed by atoms with Gasteiger partial charge in [0.1, 0.15) is 6.04 Å². The van der Waals surface area contributed by atoms with E-state index in [1.807, 2.05) is 23.1 Å². The Balaban J connectivity index is 1.40. The number of benzene rings is 2. The molecule has 0 radical (unpaired) electrons. The number of nitrogens with one attached hydrogen (secondary N) is 2. The van der Waals surface area contributed by atoms with Crippen molar-refractivity contribution in [3.8, 4) is 0 Å². The molecular formula is C21H20ClN3O. The summed E-state index contributed by atoms with van der Waals surface area (Å²) in [5.74, 6) is 0.171. The number of nitrogens with zero attached hydrogens (tertiary/aromatic N) is 1. The number of anilines is 1. The van der Waals surface area contributed by atoms with Gasteiger partial charge in [0.05, 0.1) is 0 Å². The Morgan fingerprint density at radius 2 is 2.12 bits per heavy atom. The number of rotatable bonds is 1. The van der Waals surface area contributed by atoms with Crippen LogP contribution in [-0.4, -0.2) is 28.4 Å². The molecule has 0 aliphatic carbocycles. The number of fused-ring (bicyclic) bond motifs is 4. The molecule has 5 heteroatoms. The predicted octanol–water partition coefficient (Wildman–Crippen LogP) is 4.05. The Hall–Kier alpha value is -2.46. The fourth-order valence-corrected chi connectivity index (χ4v) is 4.41. The molecule has 132 valence electrons. The SMILES string of the molecule is Cc1ccc2[nH]c3c(c2c1)CN(C(=O)[C@H]1Cc2cc(Cl)ccc2N1)CC3. The smallest absolute Gasteiger partial charge is 0.245 e. The van der Waals surface area contributed by atoms with E-state index in [9.17, 15) is 4.79 Å². The van der Waals surface area contributed by atoms with Crippen LogP contribution in [0.2, 0.25) is 5.02 Å². The van der Waals surface area contributed by atoms with E-state index in [-0.39, 0.29) is 11.9 Å². The maximum absolute atomic E-state index is 13.1. The lowest BCUT2D eigenvalue weighted by atomic mass is 10.0. The standard InChI is InChI=1S/C21H20ClN3O/c1-12-2-4-18-15(8-12)16-11-25(7-6-19(16)24-18)21(26)20-10-13-9-14(22)3-5-17(13)23-20/h2-5,8-9,20,23-24H,6-7,10-11H2,1H3/t20-/m1/s1. The average molecular weight is 366 g/mol. The van der Waals surface area contributed by atoms with Crippen molar-refractivity contribution >= 4 is 34.1 Å². The van der Waals surface area contributed by atoms with E-state index < -0.39 is 0 Å². The van der Waals surface area contributed by atoms with Crippen LogP contribution < -0.4 is 5.32 Å². The molecular weight excluding hydrogens is 346 g/mol. The second kappa shape index (κ2) is 5.78. The quantitative estimate of drug-likeness (QED) is 0.683. The van der Waals surface area contributed by atoms with Gasteiger partial charge in [-0.3, -0.25) is 4.79 Å². The van der Waals surface area contributed by atoms with Gasteiger partial charge in [0.15, 0.2) is 0 Å². The zero-order valence-electron chi connectivity index (χ0n) is 14.6. The van der Waals surface area contributed by atoms with Crippen molar-refractivity contribution in [3.63, 3.8) is 0 Å². The Morgan fingerprint density at radius 1 is 1.23 bits per heavy atom. The second-order valence-corrected chi connectivity index (χ2v) is 7.78. The Bertz CT molecular complexity index is 1040. The van der Waals surface area contributed by atoms with E-state index >= 15 is 0 Å². The third kappa shape index (κ3) is 2.48. The molecule has 0 saturated carbocycles. The Kier molecular flexibility index (Phi) is 3.50. The lowest BCUT2D eigenvalue weighted by molar-refractivity contribution is -0.132. The first-order chi connectivity index (χ1) is 12.6. The second-order valence-electron chi connectivity index (χ2n) is 7.34. The predicted molar refractivity (Wildman–Crippen MR) is 105 cm³/mol. The highest BCUT2D eigenvalue weighted by Crippen LogP contribution is 2.32. The van der Waals surface area contributed by atoms with E-state index in [4.69, 9.17) is 11.6 Å². The van der Waals surface area contributed by atoms with Gasteiger partial charge in [0.2, 0.25) is 5.91 Å². The number of amides is 1. The Labute approximate surface area is 157 Å². The number of aromatic amines is 1. The van der Waals surface area contributed by atoms with Crippen LogP contribution in [0.4, 0.5) is 5.69 Å². The number of hydrogen-bond donors (Lipinski definition) is 2. The highest BCUT2D eigenvalue weighted by Gasteiger charge is 2.32. The molecule has 2 aliphatic rings. The molecule has 2 aromatic carbocycles. The van der Waals surface area contributed by atoms with Gasteiger partial charge >= 0.3 is 0 Å². The molecule has 0 saturated heterocycles. The molecule has 1 atom stereocenters. The molecule has 0 fully saturated rings. The van der Waals surface area contributed by atoms with Crippen molar-refractivity contribution in [1.29, 1.82) is 0 Å². The minimum absolute atomic E-state index is 0.171. The lowest BCUT2D eigenvalue weighted by Gasteiger charge is -2.29. The molecule has 0 unspecified atom stereocenters. The van der Waals surface area contributed by atoms with Crippen LogP contribution in [0.15, 0.2) is 36.4 Å². The number of H-pyrrole nitrogens is 1. The highest BCUT2D eigenvalue weighted by atomic mass is 35.5. The molecule has 4 nitrogen and oxygen atoms in total. The number of aryl methyl sites for hydroxylation is 1. The van der Waals surface area contributed by atoms with Crippen LogP contribution in [0, 0.1) is 6.92 Å². The zero-order chi connectivity index (χ0) is 17.8. The van der Waals surface area contributed by atoms with E-state index in [0.717, 1.165) is 34.8 Å². The van der Waals surface area contributed by atoms with Crippen LogP contribution in [0.5, 0.6) is 0 Å². The van der Waals surface area contributed by atoms with Gasteiger partial charge in [0, 0.05) is 58.8 Å². The molecule has 3 aromatic rings. The molecule has 5 rings (SSSR count). The van der Waals surface area contributed by atoms with Gasteiger partial charge in [-0.1, -0.05) is 23.2 Å². The summed E-state index contributed by atoms with van der Waals surface area (Å²) in [6.45, 7) is 3.54. The van der Waals surface area contributed by atoms with Crippen molar-refractivity contribution in [1.82, 2.24) is 9.88 Å². The summed E-state index contributed by atoms with van der Waals surface area (Å²) in [5, 5.41) is 5.33. The molecule has 2 N–H and O–H groups in total. The van der Waals surface area contributed by atoms with E-state index in [0.29, 0.717) is 13.0 Å². The lowest BCUT2D eigenvalue weighted by Crippen LogP contribution is -2.44. The highest BCUT2D eigenvalue weighted by molar-refractivity contribution is 6.30. The topological polar surface area (TPSA) is 48.1 Å². The summed E-state index contributed by atoms with van der Waals surface area (Å²) in [6.07, 6.45) is 1.57. The van der Waals surface area contributed by atoms with Crippen LogP contribution in [0.3, 0.4) is 0 Å². The van der Waals surface area contributed by atoms with Crippen LogP contribution in [-0.2, 0) is 24.2 Å². The molecule has 0 bridgehead atoms. The van der Waals surface area contributed by atoms with Crippen molar-refractivity contribution in [2.45, 2.75) is 32.4 Å². The molecule has 2 aliphatic heterocycles. The summed E-state index contributed by atoms with van der Waals surface area (Å²) < 4.78 is 0. The minimum atomic E-state index is -0.197. The van der Waals surface area contributed by atoms with Gasteiger partial charge in [0.25, 0.3) is 0 Å². The van der Waals surface area contributed by atoms with Gasteiger partial charge in [-0.2, -0.15) is 0 Å². The third-order valence-corrected chi connectivity index (χ3v) is 5.80. The molecule has 3 heterocycles. The van der Waals surface area contributed by atoms with Gasteiger partial charge < -0.3 is 15.2 Å². The van der Waals surface area contributed by atoms with Crippen molar-refractivity contribution in [2.24, 2.45) is 0 Å². The van der Waals surface area contributed by atoms with Gasteiger partial charge in [-0.15, -0.1) is 0 Å². The van der Waals surface area contributed by atoms with E-state index in [1.54, 1.807) is 0 Å². The molecule has 1 aromatic heterocycles. The number of hydrogen-bond acceptors (Lipinski definition) is 2. The van der Waals surface area contributed by atoms with E-state index in [2.05, 4.69) is 35.4 Å². The number of carbonyl (C=O) groups excluding carboxylic acids is 1. The maximum Gasteiger partial charge on any atom is 0.245 e. The first kappa shape index (κ1) is 15.8. The van der Waals surface area contributed by atoms with Gasteiger partial charge in [-0.05, 0) is 42.8 Å². The fourth-order valence-electron chi connectivity index (χ4n) is 4.22. The van der Waals surface area contributed by atoms with Crippen LogP contribution >= 0.6 is 11.6 Å². The first-order valence-electron chi connectivity index (χ1n) is 9.02. The van der Waals surface area contributed by atoms with E-state index in [1.165, 1.54) is 22.2 Å². The monoisotopic (exact) mass is 365 g/mol. The average Bonchev–Trinajstić information content (AvgIpc) is 3.21. The summed E-state index contributed by atoms with van der Waals surface area (Å²) in [5.41, 5.74) is 7.08. The molecule has 26 heavy (non-hydrogen) atoms. The van der Waals surface area contributed by atoms with Crippen molar-refractivity contribution < 1.29 is 4.79 Å². The fraction of sp³-hybridized carbons (Fsp3) is 0.286. The van der Waals surface area contributed by atoms with Crippen molar-refractivity contribution in [3.05, 3.63) is 63.8 Å². The number of aromatic nitrogens is 1. The minimum Gasteiger partial charge on any atom is -0.373 e. The van der Waals surface area contributed by atoms with Gasteiger partial charge in [-0.25, -0.2) is 0 Å². The number of halogens is 1. The number of carbonyl (C=O) groups is 1. The molecule has 1 amide bonds. The summed E-state index contributed by atoms with van der Waals surface area (Å²) in [6, 6.07) is 12.0. The van der Waals surface area contributed by atoms with Crippen molar-refractivity contribution in [2.75, 3.05) is 11.9 Å². The Morgan fingerprint density at radius 3 is 3.00 bits per heavy atom. The summed E-state index contributed by atoms with van der Waals surface area (Å²) in [7, 11) is 0. The maximum atomic E-state index is 13.1. The normalized spacial score (nSPS) is 18.5. The zero-order valence-corrected chi connectivity index (χ0v) is 15.4. The summed E-state index contributed by atoms with van der Waals surface area (Å²) >= 11 is 6.08. The largest absolute Gasteiger partial charge is 0.373 e. The third-order valence-electron chi connectivity index (χ3n) is 5.56.